The van der Waals surface area contributed by atoms with Gasteiger partial charge in [0.15, 0.2) is 0 Å². The third-order valence-electron chi connectivity index (χ3n) is 5.91. The van der Waals surface area contributed by atoms with Crippen LogP contribution in [0.3, 0.4) is 0 Å². The highest BCUT2D eigenvalue weighted by molar-refractivity contribution is 7.59. The third-order valence-corrected chi connectivity index (χ3v) is 5.91. The lowest BCUT2D eigenvalue weighted by molar-refractivity contribution is 0.669. The Hall–Kier alpha value is -2.51. The molecule has 2 aliphatic rings. The molecule has 2 aromatic carbocycles. The molecule has 0 nitrogen and oxygen atoms in total. The van der Waals surface area contributed by atoms with Gasteiger partial charge in [-0.2, -0.15) is 13.5 Å². The van der Waals surface area contributed by atoms with Crippen molar-refractivity contribution in [2.45, 2.75) is 47.0 Å². The molecule has 4 rings (SSSR count). The second-order valence-electron chi connectivity index (χ2n) is 7.77. The van der Waals surface area contributed by atoms with Crippen molar-refractivity contribution in [3.8, 4) is 0 Å². The highest BCUT2D eigenvalue weighted by Gasteiger charge is 2.13. The Morgan fingerprint density at radius 1 is 0.903 bits per heavy atom. The first-order valence-electron chi connectivity index (χ1n) is 11.3. The van der Waals surface area contributed by atoms with Gasteiger partial charge in [-0.05, 0) is 83.7 Å². The summed E-state index contributed by atoms with van der Waals surface area (Å²) in [6.07, 6.45) is 29.8. The van der Waals surface area contributed by atoms with Gasteiger partial charge in [-0.3, -0.25) is 0 Å². The predicted molar refractivity (Wildman–Crippen MR) is 146 cm³/mol. The van der Waals surface area contributed by atoms with Crippen molar-refractivity contribution >= 4 is 36.4 Å². The zero-order valence-electron chi connectivity index (χ0n) is 19.4. The van der Waals surface area contributed by atoms with E-state index in [0.29, 0.717) is 5.92 Å². The standard InChI is InChI=1S/C28H28.C2H6.H2S/c1-21-25-16-10-5-11-17-26(25)22(2)28-20-24(18-19-27(21)28)15-9-4-8-14-23-12-6-3-7-13-23;1-2;/h3-12,15-16,18-20,23H,13-14,17H2,1-2H3;1-2H3;1H2/b8-4+,15-9+;;. The summed E-state index contributed by atoms with van der Waals surface area (Å²) in [6.45, 7) is 8.52. The number of benzene rings is 2. The lowest BCUT2D eigenvalue weighted by atomic mass is 9.88. The van der Waals surface area contributed by atoms with E-state index in [1.807, 2.05) is 13.8 Å². The minimum atomic E-state index is 0. The number of fused-ring (bicyclic) bond motifs is 2. The van der Waals surface area contributed by atoms with Crippen LogP contribution in [0.4, 0.5) is 0 Å². The maximum absolute atomic E-state index is 2.34. The van der Waals surface area contributed by atoms with Crippen molar-refractivity contribution in [3.63, 3.8) is 0 Å². The van der Waals surface area contributed by atoms with Gasteiger partial charge < -0.3 is 0 Å². The van der Waals surface area contributed by atoms with E-state index >= 15 is 0 Å². The summed E-state index contributed by atoms with van der Waals surface area (Å²) in [5, 5.41) is 2.75. The van der Waals surface area contributed by atoms with Crippen LogP contribution in [0.1, 0.15) is 54.5 Å². The van der Waals surface area contributed by atoms with E-state index in [0.717, 1.165) is 19.3 Å². The van der Waals surface area contributed by atoms with E-state index in [2.05, 4.69) is 105 Å². The molecule has 2 aliphatic carbocycles. The highest BCUT2D eigenvalue weighted by atomic mass is 32.1. The SMILES string of the molecule is CC.Cc1c2c(c(C)c3cc(/C=C/C=C/CC4C=CC=CC4)ccc13)CC=CC=C2.S. The molecule has 0 fully saturated rings. The third kappa shape index (κ3) is 6.02. The lowest BCUT2D eigenvalue weighted by Gasteiger charge is -2.16. The quantitative estimate of drug-likeness (QED) is 0.427. The molecule has 0 spiro atoms. The molecule has 1 unspecified atom stereocenters. The molecule has 0 saturated carbocycles. The Labute approximate surface area is 195 Å². The second kappa shape index (κ2) is 12.4. The predicted octanol–water partition coefficient (Wildman–Crippen LogP) is 8.81. The van der Waals surface area contributed by atoms with Crippen LogP contribution < -0.4 is 0 Å². The molecule has 2 aromatic rings. The number of allylic oxidation sites excluding steroid dienone is 10. The van der Waals surface area contributed by atoms with Crippen LogP contribution in [-0.4, -0.2) is 0 Å². The van der Waals surface area contributed by atoms with E-state index in [1.165, 1.54) is 38.6 Å². The zero-order valence-corrected chi connectivity index (χ0v) is 20.4. The second-order valence-corrected chi connectivity index (χ2v) is 7.77. The van der Waals surface area contributed by atoms with E-state index in [4.69, 9.17) is 0 Å². The molecule has 0 N–H and O–H groups in total. The first-order chi connectivity index (χ1) is 14.7. The Bertz CT molecular complexity index is 1060. The Morgan fingerprint density at radius 2 is 1.71 bits per heavy atom. The summed E-state index contributed by atoms with van der Waals surface area (Å²) in [4.78, 5) is 0. The van der Waals surface area contributed by atoms with Gasteiger partial charge in [0.2, 0.25) is 0 Å². The van der Waals surface area contributed by atoms with Gasteiger partial charge in [0.1, 0.15) is 0 Å². The normalized spacial score (nSPS) is 16.8. The van der Waals surface area contributed by atoms with Gasteiger partial charge in [-0.1, -0.05) is 98.9 Å². The fourth-order valence-electron chi connectivity index (χ4n) is 4.25. The van der Waals surface area contributed by atoms with Crippen molar-refractivity contribution < 1.29 is 0 Å². The number of aryl methyl sites for hydroxylation is 2. The van der Waals surface area contributed by atoms with Gasteiger partial charge >= 0.3 is 0 Å². The van der Waals surface area contributed by atoms with Gasteiger partial charge in [-0.25, -0.2) is 0 Å². The van der Waals surface area contributed by atoms with Crippen LogP contribution in [0.25, 0.3) is 22.9 Å². The molecule has 0 amide bonds. The average Bonchev–Trinajstić information content (AvgIpc) is 3.06. The minimum absolute atomic E-state index is 0. The smallest absolute Gasteiger partial charge is 0.00854 e. The summed E-state index contributed by atoms with van der Waals surface area (Å²) in [6, 6.07) is 6.86. The number of hydrogen-bond donors (Lipinski definition) is 0. The molecule has 0 aromatic heterocycles. The Morgan fingerprint density at radius 3 is 2.48 bits per heavy atom. The average molecular weight is 429 g/mol. The van der Waals surface area contributed by atoms with Crippen molar-refractivity contribution in [1.29, 1.82) is 0 Å². The molecule has 1 atom stereocenters. The first kappa shape index (κ1) is 24.8. The minimum Gasteiger partial charge on any atom is -0.197 e. The molecule has 0 radical (unpaired) electrons. The molecule has 1 heteroatoms. The number of hydrogen-bond acceptors (Lipinski definition) is 0. The molecular formula is C30H36S. The monoisotopic (exact) mass is 428 g/mol. The van der Waals surface area contributed by atoms with Crippen LogP contribution >= 0.6 is 13.5 Å². The molecule has 0 aliphatic heterocycles. The van der Waals surface area contributed by atoms with Crippen LogP contribution in [0.15, 0.2) is 79.0 Å². The van der Waals surface area contributed by atoms with E-state index in [1.54, 1.807) is 0 Å². The van der Waals surface area contributed by atoms with Gasteiger partial charge in [-0.15, -0.1) is 0 Å². The van der Waals surface area contributed by atoms with E-state index in [9.17, 15) is 0 Å². The first-order valence-corrected chi connectivity index (χ1v) is 11.3. The molecule has 31 heavy (non-hydrogen) atoms. The molecule has 162 valence electrons. The van der Waals surface area contributed by atoms with Gasteiger partial charge in [0.25, 0.3) is 0 Å². The van der Waals surface area contributed by atoms with Crippen LogP contribution in [0, 0.1) is 19.8 Å². The summed E-state index contributed by atoms with van der Waals surface area (Å²) >= 11 is 0. The van der Waals surface area contributed by atoms with Crippen LogP contribution in [0.5, 0.6) is 0 Å². The summed E-state index contributed by atoms with van der Waals surface area (Å²) in [5.41, 5.74) is 6.92. The fraction of sp³-hybridized carbons (Fsp3) is 0.267. The van der Waals surface area contributed by atoms with Gasteiger partial charge in [0, 0.05) is 0 Å². The summed E-state index contributed by atoms with van der Waals surface area (Å²) in [7, 11) is 0. The zero-order chi connectivity index (χ0) is 21.3. The molecule has 0 heterocycles. The largest absolute Gasteiger partial charge is 0.197 e. The molecule has 0 bridgehead atoms. The van der Waals surface area contributed by atoms with E-state index < -0.39 is 0 Å². The van der Waals surface area contributed by atoms with Crippen molar-refractivity contribution in [1.82, 2.24) is 0 Å². The van der Waals surface area contributed by atoms with Crippen molar-refractivity contribution in [3.05, 3.63) is 107 Å². The molecular weight excluding hydrogens is 392 g/mol. The Balaban J connectivity index is 0.00000111. The van der Waals surface area contributed by atoms with Crippen molar-refractivity contribution in [2.75, 3.05) is 0 Å². The maximum Gasteiger partial charge on any atom is -0.00854 e. The van der Waals surface area contributed by atoms with Crippen LogP contribution in [0.2, 0.25) is 0 Å². The number of rotatable bonds is 4. The maximum atomic E-state index is 2.34. The topological polar surface area (TPSA) is 0 Å². The highest BCUT2D eigenvalue weighted by Crippen LogP contribution is 2.33. The van der Waals surface area contributed by atoms with Gasteiger partial charge in [0.05, 0.1) is 0 Å². The molecule has 0 saturated heterocycles. The van der Waals surface area contributed by atoms with Crippen LogP contribution in [-0.2, 0) is 6.42 Å². The van der Waals surface area contributed by atoms with Crippen molar-refractivity contribution in [2.24, 2.45) is 5.92 Å². The summed E-state index contributed by atoms with van der Waals surface area (Å²) < 4.78 is 0. The summed E-state index contributed by atoms with van der Waals surface area (Å²) in [5.74, 6) is 0.652. The fourth-order valence-corrected chi connectivity index (χ4v) is 4.25. The Kier molecular flexibility index (Phi) is 9.88. The van der Waals surface area contributed by atoms with E-state index in [-0.39, 0.29) is 13.5 Å². The lowest BCUT2D eigenvalue weighted by Crippen LogP contribution is -1.97.